The molecule has 1 aromatic carbocycles. The van der Waals surface area contributed by atoms with Crippen molar-refractivity contribution in [3.05, 3.63) is 54.4 Å². The van der Waals surface area contributed by atoms with E-state index >= 15 is 0 Å². The zero-order valence-electron chi connectivity index (χ0n) is 19.7. The van der Waals surface area contributed by atoms with Crippen molar-refractivity contribution < 1.29 is 19.1 Å². The highest BCUT2D eigenvalue weighted by molar-refractivity contribution is 6.00. The molecule has 35 heavy (non-hydrogen) atoms. The third-order valence-electron chi connectivity index (χ3n) is 7.07. The van der Waals surface area contributed by atoms with Crippen LogP contribution in [0.3, 0.4) is 0 Å². The maximum absolute atomic E-state index is 13.2. The van der Waals surface area contributed by atoms with E-state index in [4.69, 9.17) is 4.74 Å². The third-order valence-corrected chi connectivity index (χ3v) is 7.07. The number of amides is 3. The van der Waals surface area contributed by atoms with E-state index in [1.165, 1.54) is 0 Å². The third kappa shape index (κ3) is 4.85. The number of nitrogens with zero attached hydrogens (tertiary/aromatic N) is 4. The van der Waals surface area contributed by atoms with Gasteiger partial charge in [0.15, 0.2) is 0 Å². The predicted molar refractivity (Wildman–Crippen MR) is 128 cm³/mol. The first kappa shape index (κ1) is 23.3. The van der Waals surface area contributed by atoms with Gasteiger partial charge in [-0.15, -0.1) is 0 Å². The fraction of sp³-hybridized carbons (Fsp3) is 0.440. The minimum Gasteiger partial charge on any atom is -0.497 e. The van der Waals surface area contributed by atoms with Gasteiger partial charge in [-0.25, -0.2) is 10.9 Å². The van der Waals surface area contributed by atoms with Gasteiger partial charge in [0.05, 0.1) is 13.0 Å². The van der Waals surface area contributed by atoms with Crippen molar-refractivity contribution in [2.45, 2.75) is 24.9 Å². The maximum Gasteiger partial charge on any atom is 0.241 e. The molecule has 5 rings (SSSR count). The number of piperazine rings is 1. The SMILES string of the molecule is COc1ccc(N2CC(C(=O)N3CCN(C(=O)C4CC(c5ccncc5)NN4)CC3)CC2=O)cc1. The van der Waals surface area contributed by atoms with Gasteiger partial charge < -0.3 is 19.4 Å². The van der Waals surface area contributed by atoms with Crippen LogP contribution in [0.1, 0.15) is 24.4 Å². The lowest BCUT2D eigenvalue weighted by Gasteiger charge is -2.36. The van der Waals surface area contributed by atoms with E-state index in [1.54, 1.807) is 29.3 Å². The molecule has 0 radical (unpaired) electrons. The Morgan fingerprint density at radius 2 is 1.60 bits per heavy atom. The summed E-state index contributed by atoms with van der Waals surface area (Å²) < 4.78 is 5.18. The number of anilines is 1. The molecule has 3 fully saturated rings. The van der Waals surface area contributed by atoms with Crippen LogP contribution < -0.4 is 20.5 Å². The first-order valence-electron chi connectivity index (χ1n) is 12.0. The van der Waals surface area contributed by atoms with E-state index in [0.29, 0.717) is 39.1 Å². The summed E-state index contributed by atoms with van der Waals surface area (Å²) in [6.07, 6.45) is 4.36. The Bertz CT molecular complexity index is 1070. The van der Waals surface area contributed by atoms with Crippen molar-refractivity contribution in [2.75, 3.05) is 44.7 Å². The smallest absolute Gasteiger partial charge is 0.241 e. The van der Waals surface area contributed by atoms with Crippen LogP contribution in [0.15, 0.2) is 48.8 Å². The van der Waals surface area contributed by atoms with Gasteiger partial charge in [0.25, 0.3) is 0 Å². The topological polar surface area (TPSA) is 107 Å². The first-order valence-corrected chi connectivity index (χ1v) is 12.0. The van der Waals surface area contributed by atoms with Crippen molar-refractivity contribution in [1.82, 2.24) is 25.6 Å². The monoisotopic (exact) mass is 478 g/mol. The maximum atomic E-state index is 13.2. The van der Waals surface area contributed by atoms with Crippen LogP contribution in [0.25, 0.3) is 0 Å². The number of carbonyl (C=O) groups is 3. The molecular weight excluding hydrogens is 448 g/mol. The molecule has 3 aliphatic rings. The number of hydrazine groups is 1. The van der Waals surface area contributed by atoms with Crippen LogP contribution in [0, 0.1) is 5.92 Å². The Balaban J connectivity index is 1.12. The summed E-state index contributed by atoms with van der Waals surface area (Å²) in [5, 5.41) is 0. The van der Waals surface area contributed by atoms with E-state index in [1.807, 2.05) is 41.3 Å². The summed E-state index contributed by atoms with van der Waals surface area (Å²) in [4.78, 5) is 48.1. The van der Waals surface area contributed by atoms with E-state index in [0.717, 1.165) is 17.0 Å². The molecule has 10 nitrogen and oxygen atoms in total. The Kier molecular flexibility index (Phi) is 6.65. The van der Waals surface area contributed by atoms with Crippen LogP contribution in [-0.4, -0.2) is 78.4 Å². The second kappa shape index (κ2) is 10.0. The summed E-state index contributed by atoms with van der Waals surface area (Å²) in [5.74, 6) is 0.333. The van der Waals surface area contributed by atoms with Gasteiger partial charge in [0.2, 0.25) is 17.7 Å². The van der Waals surface area contributed by atoms with Crippen molar-refractivity contribution in [3.8, 4) is 5.75 Å². The van der Waals surface area contributed by atoms with E-state index in [9.17, 15) is 14.4 Å². The Morgan fingerprint density at radius 1 is 0.943 bits per heavy atom. The number of hydrogen-bond donors (Lipinski definition) is 2. The van der Waals surface area contributed by atoms with Crippen molar-refractivity contribution >= 4 is 23.4 Å². The number of aromatic nitrogens is 1. The molecule has 3 atom stereocenters. The van der Waals surface area contributed by atoms with Crippen LogP contribution in [0.5, 0.6) is 5.75 Å². The largest absolute Gasteiger partial charge is 0.497 e. The molecule has 0 aliphatic carbocycles. The standard InChI is InChI=1S/C25H30N6O4/c1-35-20-4-2-19(3-5-20)31-16-18(14-23(31)32)24(33)29-10-12-30(13-11-29)25(34)22-15-21(27-28-22)17-6-8-26-9-7-17/h2-9,18,21-22,27-28H,10-16H2,1H3. The van der Waals surface area contributed by atoms with Crippen molar-refractivity contribution in [3.63, 3.8) is 0 Å². The Morgan fingerprint density at radius 3 is 2.26 bits per heavy atom. The molecule has 3 unspecified atom stereocenters. The van der Waals surface area contributed by atoms with Crippen LogP contribution in [0.2, 0.25) is 0 Å². The number of methoxy groups -OCH3 is 1. The number of carbonyl (C=O) groups excluding carboxylic acids is 3. The van der Waals surface area contributed by atoms with Gasteiger partial charge in [-0.2, -0.15) is 0 Å². The normalized spacial score (nSPS) is 24.7. The highest BCUT2D eigenvalue weighted by Crippen LogP contribution is 2.28. The second-order valence-corrected chi connectivity index (χ2v) is 9.16. The average molecular weight is 479 g/mol. The lowest BCUT2D eigenvalue weighted by molar-refractivity contribution is -0.142. The minimum absolute atomic E-state index is 0.0140. The molecule has 184 valence electrons. The molecule has 10 heteroatoms. The zero-order chi connectivity index (χ0) is 24.4. The first-order chi connectivity index (χ1) is 17.0. The van der Waals surface area contributed by atoms with Crippen molar-refractivity contribution in [1.29, 1.82) is 0 Å². The quantitative estimate of drug-likeness (QED) is 0.652. The highest BCUT2D eigenvalue weighted by Gasteiger charge is 2.39. The molecule has 0 bridgehead atoms. The van der Waals surface area contributed by atoms with Crippen LogP contribution in [0.4, 0.5) is 5.69 Å². The predicted octanol–water partition coefficient (Wildman–Crippen LogP) is 0.722. The summed E-state index contributed by atoms with van der Waals surface area (Å²) in [7, 11) is 1.60. The number of hydrogen-bond acceptors (Lipinski definition) is 7. The van der Waals surface area contributed by atoms with Crippen LogP contribution in [-0.2, 0) is 14.4 Å². The fourth-order valence-electron chi connectivity index (χ4n) is 5.04. The molecule has 0 spiro atoms. The highest BCUT2D eigenvalue weighted by atomic mass is 16.5. The van der Waals surface area contributed by atoms with E-state index in [2.05, 4.69) is 15.8 Å². The van der Waals surface area contributed by atoms with Gasteiger partial charge in [0.1, 0.15) is 11.8 Å². The van der Waals surface area contributed by atoms with Gasteiger partial charge in [-0.05, 0) is 48.4 Å². The Labute approximate surface area is 204 Å². The van der Waals surface area contributed by atoms with Gasteiger partial charge in [-0.1, -0.05) is 0 Å². The number of benzene rings is 1. The molecule has 2 N–H and O–H groups in total. The molecule has 2 aromatic rings. The number of nitrogens with one attached hydrogen (secondary N) is 2. The van der Waals surface area contributed by atoms with E-state index < -0.39 is 0 Å². The lowest BCUT2D eigenvalue weighted by atomic mass is 10.0. The van der Waals surface area contributed by atoms with Crippen LogP contribution >= 0.6 is 0 Å². The molecule has 4 heterocycles. The number of pyridine rings is 1. The van der Waals surface area contributed by atoms with Gasteiger partial charge in [0, 0.05) is 63.3 Å². The van der Waals surface area contributed by atoms with Gasteiger partial charge in [-0.3, -0.25) is 19.4 Å². The summed E-state index contributed by atoms with van der Waals surface area (Å²) in [6.45, 7) is 2.31. The number of ether oxygens (including phenoxy) is 1. The number of rotatable bonds is 5. The molecule has 3 aliphatic heterocycles. The van der Waals surface area contributed by atoms with Gasteiger partial charge >= 0.3 is 0 Å². The summed E-state index contributed by atoms with van der Waals surface area (Å²) in [5.41, 5.74) is 8.18. The lowest BCUT2D eigenvalue weighted by Crippen LogP contribution is -2.55. The minimum atomic E-state index is -0.367. The molecule has 0 saturated carbocycles. The average Bonchev–Trinajstić information content (AvgIpc) is 3.56. The molecule has 3 saturated heterocycles. The fourth-order valence-corrected chi connectivity index (χ4v) is 5.04. The second-order valence-electron chi connectivity index (χ2n) is 9.16. The summed E-state index contributed by atoms with van der Waals surface area (Å²) in [6, 6.07) is 10.9. The molecular formula is C25H30N6O4. The molecule has 1 aromatic heterocycles. The zero-order valence-corrected chi connectivity index (χ0v) is 19.7. The Hall–Kier alpha value is -3.50. The van der Waals surface area contributed by atoms with E-state index in [-0.39, 0.29) is 42.1 Å². The molecule has 3 amide bonds. The van der Waals surface area contributed by atoms with Crippen molar-refractivity contribution in [2.24, 2.45) is 5.92 Å². The summed E-state index contributed by atoms with van der Waals surface area (Å²) >= 11 is 0.